The van der Waals surface area contributed by atoms with Crippen molar-refractivity contribution in [3.8, 4) is 11.1 Å². The summed E-state index contributed by atoms with van der Waals surface area (Å²) in [5.74, 6) is -0.843. The molecule has 0 saturated carbocycles. The summed E-state index contributed by atoms with van der Waals surface area (Å²) in [6.45, 7) is -0.555. The second-order valence-electron chi connectivity index (χ2n) is 7.94. The van der Waals surface area contributed by atoms with Gasteiger partial charge in [0.1, 0.15) is 12.0 Å². The monoisotopic (exact) mass is 492 g/mol. The summed E-state index contributed by atoms with van der Waals surface area (Å²) in [6.07, 6.45) is -1.38. The van der Waals surface area contributed by atoms with E-state index in [9.17, 15) is 26.8 Å². The highest BCUT2D eigenvalue weighted by Gasteiger charge is 2.36. The van der Waals surface area contributed by atoms with Crippen LogP contribution in [0.3, 0.4) is 0 Å². The number of carbonyl (C=O) groups is 2. The van der Waals surface area contributed by atoms with Crippen molar-refractivity contribution < 1.29 is 31.9 Å². The zero-order chi connectivity index (χ0) is 24.5. The van der Waals surface area contributed by atoms with Gasteiger partial charge in [0, 0.05) is 42.2 Å². The topological polar surface area (TPSA) is 132 Å². The van der Waals surface area contributed by atoms with E-state index in [1.165, 1.54) is 29.2 Å². The summed E-state index contributed by atoms with van der Waals surface area (Å²) < 4.78 is 54.8. The minimum absolute atomic E-state index is 0.00491. The maximum atomic E-state index is 13.9. The summed E-state index contributed by atoms with van der Waals surface area (Å²) >= 11 is 0. The second kappa shape index (κ2) is 9.39. The maximum Gasteiger partial charge on any atom is 0.405 e. The third kappa shape index (κ3) is 5.02. The molecule has 0 spiro atoms. The third-order valence-corrected chi connectivity index (χ3v) is 7.14. The maximum absolute atomic E-state index is 13.9. The molecule has 1 fully saturated rings. The highest BCUT2D eigenvalue weighted by atomic mass is 32.2. The average molecular weight is 493 g/mol. The zero-order valence-corrected chi connectivity index (χ0v) is 18.6. The molecular formula is C22H22F2N4O5S. The minimum Gasteiger partial charge on any atom is -0.465 e. The highest BCUT2D eigenvalue weighted by molar-refractivity contribution is 7.89. The molecule has 0 unspecified atom stereocenters. The number of sulfonamides is 1. The molecule has 1 aromatic heterocycles. The first-order valence-electron chi connectivity index (χ1n) is 10.4. The Morgan fingerprint density at radius 3 is 2.59 bits per heavy atom. The number of rotatable bonds is 7. The van der Waals surface area contributed by atoms with Gasteiger partial charge >= 0.3 is 6.09 Å². The number of nitrogens with one attached hydrogen (secondary N) is 3. The number of alkyl halides is 1. The average Bonchev–Trinajstić information content (AvgIpc) is 3.36. The molecule has 2 amide bonds. The van der Waals surface area contributed by atoms with Crippen molar-refractivity contribution in [2.24, 2.45) is 0 Å². The van der Waals surface area contributed by atoms with Crippen LogP contribution in [0.2, 0.25) is 0 Å². The van der Waals surface area contributed by atoms with Gasteiger partial charge in [-0.25, -0.2) is 26.7 Å². The van der Waals surface area contributed by atoms with Gasteiger partial charge in [-0.1, -0.05) is 12.1 Å². The first kappa shape index (κ1) is 23.6. The van der Waals surface area contributed by atoms with Gasteiger partial charge in [0.15, 0.2) is 0 Å². The number of carboxylic acid groups (broad SMARTS) is 1. The number of amides is 2. The fourth-order valence-corrected chi connectivity index (χ4v) is 4.98. The Bertz CT molecular complexity index is 1330. The lowest BCUT2D eigenvalue weighted by Crippen LogP contribution is -2.41. The first-order valence-corrected chi connectivity index (χ1v) is 11.9. The van der Waals surface area contributed by atoms with E-state index in [0.717, 1.165) is 16.5 Å². The van der Waals surface area contributed by atoms with Crippen molar-refractivity contribution in [1.82, 2.24) is 19.9 Å². The number of benzene rings is 2. The Morgan fingerprint density at radius 2 is 1.88 bits per heavy atom. The van der Waals surface area contributed by atoms with Crippen molar-refractivity contribution in [2.45, 2.75) is 23.5 Å². The van der Waals surface area contributed by atoms with Gasteiger partial charge in [0.2, 0.25) is 15.9 Å². The molecule has 0 aliphatic carbocycles. The molecule has 1 aliphatic rings. The summed E-state index contributed by atoms with van der Waals surface area (Å²) in [4.78, 5) is 27.1. The number of likely N-dealkylation sites (tertiary alicyclic amines) is 1. The molecule has 12 heteroatoms. The Morgan fingerprint density at radius 1 is 1.15 bits per heavy atom. The van der Waals surface area contributed by atoms with E-state index >= 15 is 0 Å². The van der Waals surface area contributed by atoms with Crippen LogP contribution < -0.4 is 10.0 Å². The minimum atomic E-state index is -3.89. The Labute approximate surface area is 193 Å². The highest BCUT2D eigenvalue weighted by Crippen LogP contribution is 2.29. The normalized spacial score (nSPS) is 18.4. The van der Waals surface area contributed by atoms with Crippen molar-refractivity contribution in [2.75, 3.05) is 19.6 Å². The van der Waals surface area contributed by atoms with Gasteiger partial charge in [0.25, 0.3) is 0 Å². The molecule has 34 heavy (non-hydrogen) atoms. The van der Waals surface area contributed by atoms with E-state index in [4.69, 9.17) is 5.11 Å². The summed E-state index contributed by atoms with van der Waals surface area (Å²) in [5.41, 5.74) is 2.16. The summed E-state index contributed by atoms with van der Waals surface area (Å²) in [6, 6.07) is 9.48. The van der Waals surface area contributed by atoms with E-state index in [-0.39, 0.29) is 36.8 Å². The standard InChI is InChI=1S/C22H22F2N4O5S/c23-14-3-6-16-17(10-25-19(16)9-14)13-1-4-15(5-2-13)34(32,33)26-8-7-21(29)28-11-18(24)20(12-28)27-22(30)31/h1-6,9-10,18,20,25-27H,7-8,11-12H2,(H,30,31)/t18-,20+/m1/s1. The predicted octanol–water partition coefficient (Wildman–Crippen LogP) is 2.46. The largest absolute Gasteiger partial charge is 0.465 e. The number of aromatic nitrogens is 1. The van der Waals surface area contributed by atoms with Crippen LogP contribution in [-0.2, 0) is 14.8 Å². The quantitative estimate of drug-likeness (QED) is 0.402. The molecule has 1 saturated heterocycles. The number of nitrogens with zero attached hydrogens (tertiary/aromatic N) is 1. The van der Waals surface area contributed by atoms with Crippen molar-refractivity contribution in [3.05, 3.63) is 54.5 Å². The molecule has 9 nitrogen and oxygen atoms in total. The lowest BCUT2D eigenvalue weighted by Gasteiger charge is -2.16. The van der Waals surface area contributed by atoms with Crippen molar-refractivity contribution in [1.29, 1.82) is 0 Å². The van der Waals surface area contributed by atoms with Crippen LogP contribution >= 0.6 is 0 Å². The molecule has 2 heterocycles. The SMILES string of the molecule is O=C(O)N[C@H]1CN(C(=O)CCNS(=O)(=O)c2ccc(-c3c[nH]c4cc(F)ccc34)cc2)C[C@H]1F. The lowest BCUT2D eigenvalue weighted by atomic mass is 10.1. The Balaban J connectivity index is 1.35. The van der Waals surface area contributed by atoms with Gasteiger partial charge in [-0.3, -0.25) is 4.79 Å². The van der Waals surface area contributed by atoms with Crippen LogP contribution in [-0.4, -0.2) is 67.3 Å². The van der Waals surface area contributed by atoms with E-state index in [1.807, 2.05) is 5.32 Å². The number of hydrogen-bond acceptors (Lipinski definition) is 4. The summed E-state index contributed by atoms with van der Waals surface area (Å²) in [7, 11) is -3.89. The molecule has 0 bridgehead atoms. The van der Waals surface area contributed by atoms with Crippen LogP contribution in [0.4, 0.5) is 13.6 Å². The molecular weight excluding hydrogens is 470 g/mol. The fraction of sp³-hybridized carbons (Fsp3) is 0.273. The second-order valence-corrected chi connectivity index (χ2v) is 9.70. The van der Waals surface area contributed by atoms with Gasteiger partial charge in [-0.2, -0.15) is 0 Å². The Hall–Kier alpha value is -3.51. The van der Waals surface area contributed by atoms with Crippen LogP contribution in [0.5, 0.6) is 0 Å². The predicted molar refractivity (Wildman–Crippen MR) is 120 cm³/mol. The van der Waals surface area contributed by atoms with Crippen LogP contribution in [0.15, 0.2) is 53.6 Å². The molecule has 1 aliphatic heterocycles. The Kier molecular flexibility index (Phi) is 6.53. The summed E-state index contributed by atoms with van der Waals surface area (Å²) in [5, 5.41) is 11.5. The molecule has 4 rings (SSSR count). The number of fused-ring (bicyclic) bond motifs is 1. The van der Waals surface area contributed by atoms with E-state index in [2.05, 4.69) is 9.71 Å². The van der Waals surface area contributed by atoms with Crippen LogP contribution in [0.1, 0.15) is 6.42 Å². The lowest BCUT2D eigenvalue weighted by molar-refractivity contribution is -0.130. The van der Waals surface area contributed by atoms with Crippen LogP contribution in [0, 0.1) is 5.82 Å². The molecule has 2 aromatic carbocycles. The number of halogens is 2. The molecule has 3 aromatic rings. The fourth-order valence-electron chi connectivity index (χ4n) is 3.95. The van der Waals surface area contributed by atoms with Gasteiger partial charge in [0.05, 0.1) is 17.5 Å². The van der Waals surface area contributed by atoms with Gasteiger partial charge in [-0.15, -0.1) is 0 Å². The van der Waals surface area contributed by atoms with Gasteiger partial charge in [-0.05, 0) is 35.9 Å². The molecule has 180 valence electrons. The molecule has 0 radical (unpaired) electrons. The first-order chi connectivity index (χ1) is 16.1. The number of H-pyrrole nitrogens is 1. The van der Waals surface area contributed by atoms with E-state index < -0.39 is 34.2 Å². The van der Waals surface area contributed by atoms with Gasteiger partial charge < -0.3 is 20.3 Å². The van der Waals surface area contributed by atoms with Crippen LogP contribution in [0.25, 0.3) is 22.0 Å². The number of aromatic amines is 1. The van der Waals surface area contributed by atoms with Crippen molar-refractivity contribution in [3.63, 3.8) is 0 Å². The smallest absolute Gasteiger partial charge is 0.405 e. The third-order valence-electron chi connectivity index (χ3n) is 5.66. The van der Waals surface area contributed by atoms with E-state index in [0.29, 0.717) is 5.52 Å². The zero-order valence-electron chi connectivity index (χ0n) is 17.8. The molecule has 4 N–H and O–H groups in total. The molecule has 2 atom stereocenters. The van der Waals surface area contributed by atoms with E-state index in [1.54, 1.807) is 24.4 Å². The number of carbonyl (C=O) groups excluding carboxylic acids is 1. The van der Waals surface area contributed by atoms with Crippen molar-refractivity contribution >= 4 is 32.9 Å². The number of hydrogen-bond donors (Lipinski definition) is 4.